The normalized spacial score (nSPS) is 19.7. The first-order chi connectivity index (χ1) is 11.0. The Kier molecular flexibility index (Phi) is 3.01. The Bertz CT molecular complexity index is 950. The zero-order chi connectivity index (χ0) is 16.2. The molecule has 0 saturated heterocycles. The molecular weight excluding hydrogens is 360 g/mol. The van der Waals surface area contributed by atoms with E-state index in [9.17, 15) is 9.90 Å². The Balaban J connectivity index is 1.98. The standard InChI is InChI=1S/C17H13BrN2O3/c1-23-10-3-5-14-12(7-10)17(22,16(21)20-14)13-8-19-15-6-9(18)2-4-11(13)15/h2-8,19,22H,1H3,(H,20,21). The second-order valence-corrected chi connectivity index (χ2v) is 6.38. The summed E-state index contributed by atoms with van der Waals surface area (Å²) in [6, 6.07) is 10.8. The number of hydrogen-bond acceptors (Lipinski definition) is 3. The van der Waals surface area contributed by atoms with Crippen LogP contribution < -0.4 is 10.1 Å². The van der Waals surface area contributed by atoms with Crippen molar-refractivity contribution in [2.24, 2.45) is 0 Å². The Morgan fingerprint density at radius 1 is 1.17 bits per heavy atom. The van der Waals surface area contributed by atoms with Crippen molar-refractivity contribution in [3.8, 4) is 5.75 Å². The van der Waals surface area contributed by atoms with Crippen LogP contribution in [-0.4, -0.2) is 23.1 Å². The summed E-state index contributed by atoms with van der Waals surface area (Å²) in [5.74, 6) is 0.117. The summed E-state index contributed by atoms with van der Waals surface area (Å²) in [6.07, 6.45) is 1.67. The van der Waals surface area contributed by atoms with E-state index in [0.29, 0.717) is 22.6 Å². The third kappa shape index (κ3) is 1.92. The van der Waals surface area contributed by atoms with Crippen LogP contribution in [0, 0.1) is 0 Å². The predicted molar refractivity (Wildman–Crippen MR) is 90.6 cm³/mol. The van der Waals surface area contributed by atoms with Crippen molar-refractivity contribution in [1.82, 2.24) is 4.98 Å². The van der Waals surface area contributed by atoms with E-state index in [2.05, 4.69) is 26.2 Å². The van der Waals surface area contributed by atoms with Crippen LogP contribution in [0.5, 0.6) is 5.75 Å². The lowest BCUT2D eigenvalue weighted by Gasteiger charge is -2.21. The van der Waals surface area contributed by atoms with Gasteiger partial charge in [0.2, 0.25) is 0 Å². The molecule has 2 aromatic carbocycles. The number of rotatable bonds is 2. The molecule has 2 heterocycles. The number of ether oxygens (including phenoxy) is 1. The van der Waals surface area contributed by atoms with Gasteiger partial charge in [-0.25, -0.2) is 0 Å². The topological polar surface area (TPSA) is 74.3 Å². The number of H-pyrrole nitrogens is 1. The summed E-state index contributed by atoms with van der Waals surface area (Å²) in [7, 11) is 1.55. The van der Waals surface area contributed by atoms with Crippen LogP contribution in [0.15, 0.2) is 47.1 Å². The summed E-state index contributed by atoms with van der Waals surface area (Å²) in [5.41, 5.74) is 0.683. The molecule has 6 heteroatoms. The summed E-state index contributed by atoms with van der Waals surface area (Å²) in [6.45, 7) is 0. The third-order valence-electron chi connectivity index (χ3n) is 4.23. The lowest BCUT2D eigenvalue weighted by molar-refractivity contribution is -0.129. The first-order valence-corrected chi connectivity index (χ1v) is 7.83. The van der Waals surface area contributed by atoms with Crippen molar-refractivity contribution in [2.45, 2.75) is 5.60 Å². The maximum absolute atomic E-state index is 12.5. The molecule has 116 valence electrons. The predicted octanol–water partition coefficient (Wildman–Crippen LogP) is 3.13. The van der Waals surface area contributed by atoms with E-state index < -0.39 is 11.5 Å². The minimum Gasteiger partial charge on any atom is -0.497 e. The van der Waals surface area contributed by atoms with Gasteiger partial charge in [0.05, 0.1) is 7.11 Å². The first-order valence-electron chi connectivity index (χ1n) is 7.03. The Morgan fingerprint density at radius 2 is 2.00 bits per heavy atom. The van der Waals surface area contributed by atoms with Crippen molar-refractivity contribution in [2.75, 3.05) is 12.4 Å². The smallest absolute Gasteiger partial charge is 0.265 e. The fourth-order valence-electron chi connectivity index (χ4n) is 3.06. The van der Waals surface area contributed by atoms with Crippen molar-refractivity contribution < 1.29 is 14.6 Å². The van der Waals surface area contributed by atoms with Gasteiger partial charge in [0.1, 0.15) is 5.75 Å². The molecular formula is C17H13BrN2O3. The van der Waals surface area contributed by atoms with Gasteiger partial charge in [-0.2, -0.15) is 0 Å². The van der Waals surface area contributed by atoms with Crippen LogP contribution in [-0.2, 0) is 10.4 Å². The minimum atomic E-state index is -1.75. The molecule has 1 aliphatic heterocycles. The van der Waals surface area contributed by atoms with Gasteiger partial charge in [-0.05, 0) is 30.3 Å². The number of carbonyl (C=O) groups excluding carboxylic acids is 1. The van der Waals surface area contributed by atoms with E-state index in [1.165, 1.54) is 0 Å². The molecule has 3 aromatic rings. The number of aromatic nitrogens is 1. The number of aromatic amines is 1. The zero-order valence-electron chi connectivity index (χ0n) is 12.2. The highest BCUT2D eigenvalue weighted by Crippen LogP contribution is 2.44. The molecule has 0 spiro atoms. The molecule has 3 N–H and O–H groups in total. The highest BCUT2D eigenvalue weighted by Gasteiger charge is 2.48. The number of halogens is 1. The van der Waals surface area contributed by atoms with Gasteiger partial charge in [0.25, 0.3) is 5.91 Å². The van der Waals surface area contributed by atoms with E-state index in [1.807, 2.05) is 18.2 Å². The molecule has 1 aliphatic rings. The summed E-state index contributed by atoms with van der Waals surface area (Å²) < 4.78 is 6.14. The van der Waals surface area contributed by atoms with Crippen molar-refractivity contribution >= 4 is 38.4 Å². The summed E-state index contributed by atoms with van der Waals surface area (Å²) in [4.78, 5) is 15.6. The molecule has 0 bridgehead atoms. The van der Waals surface area contributed by atoms with Gasteiger partial charge in [0, 0.05) is 38.4 Å². The molecule has 0 saturated carbocycles. The molecule has 1 unspecified atom stereocenters. The van der Waals surface area contributed by atoms with Crippen molar-refractivity contribution in [3.63, 3.8) is 0 Å². The van der Waals surface area contributed by atoms with Gasteiger partial charge in [-0.15, -0.1) is 0 Å². The maximum Gasteiger partial charge on any atom is 0.265 e. The Hall–Kier alpha value is -2.31. The molecule has 0 fully saturated rings. The summed E-state index contributed by atoms with van der Waals surface area (Å²) in [5, 5.41) is 14.8. The number of benzene rings is 2. The molecule has 1 aromatic heterocycles. The molecule has 1 amide bonds. The van der Waals surface area contributed by atoms with Gasteiger partial charge < -0.3 is 20.1 Å². The lowest BCUT2D eigenvalue weighted by atomic mass is 9.87. The van der Waals surface area contributed by atoms with Gasteiger partial charge in [0.15, 0.2) is 5.60 Å². The van der Waals surface area contributed by atoms with Gasteiger partial charge in [-0.1, -0.05) is 22.0 Å². The maximum atomic E-state index is 12.5. The molecule has 4 rings (SSSR count). The number of aliphatic hydroxyl groups is 1. The monoisotopic (exact) mass is 372 g/mol. The zero-order valence-corrected chi connectivity index (χ0v) is 13.8. The number of methoxy groups -OCH3 is 1. The summed E-state index contributed by atoms with van der Waals surface area (Å²) >= 11 is 3.42. The fourth-order valence-corrected chi connectivity index (χ4v) is 3.42. The van der Waals surface area contributed by atoms with Gasteiger partial charge in [-0.3, -0.25) is 4.79 Å². The van der Waals surface area contributed by atoms with E-state index >= 15 is 0 Å². The molecule has 5 nitrogen and oxygen atoms in total. The second kappa shape index (κ2) is 4.84. The average molecular weight is 373 g/mol. The minimum absolute atomic E-state index is 0.468. The first kappa shape index (κ1) is 14.3. The molecule has 1 atom stereocenters. The number of nitrogens with one attached hydrogen (secondary N) is 2. The van der Waals surface area contributed by atoms with Crippen LogP contribution in [0.2, 0.25) is 0 Å². The highest BCUT2D eigenvalue weighted by molar-refractivity contribution is 9.10. The number of hydrogen-bond donors (Lipinski definition) is 3. The van der Waals surface area contributed by atoms with E-state index in [4.69, 9.17) is 4.74 Å². The van der Waals surface area contributed by atoms with E-state index in [1.54, 1.807) is 31.5 Å². The van der Waals surface area contributed by atoms with Crippen LogP contribution in [0.3, 0.4) is 0 Å². The average Bonchev–Trinajstić information content (AvgIpc) is 3.07. The molecule has 0 aliphatic carbocycles. The van der Waals surface area contributed by atoms with Crippen LogP contribution in [0.25, 0.3) is 10.9 Å². The SMILES string of the molecule is COc1ccc2c(c1)C(O)(c1c[nH]c3cc(Br)ccc13)C(=O)N2. The number of amides is 1. The quantitative estimate of drug-likeness (QED) is 0.646. The van der Waals surface area contributed by atoms with Crippen molar-refractivity contribution in [1.29, 1.82) is 0 Å². The Labute approximate surface area is 140 Å². The van der Waals surface area contributed by atoms with E-state index in [0.717, 1.165) is 15.4 Å². The molecule has 0 radical (unpaired) electrons. The molecule has 23 heavy (non-hydrogen) atoms. The highest BCUT2D eigenvalue weighted by atomic mass is 79.9. The number of fused-ring (bicyclic) bond motifs is 2. The Morgan fingerprint density at radius 3 is 2.78 bits per heavy atom. The third-order valence-corrected chi connectivity index (χ3v) is 4.72. The second-order valence-electron chi connectivity index (χ2n) is 5.47. The van der Waals surface area contributed by atoms with Gasteiger partial charge >= 0.3 is 0 Å². The number of carbonyl (C=O) groups is 1. The fraction of sp³-hybridized carbons (Fsp3) is 0.118. The lowest BCUT2D eigenvalue weighted by Crippen LogP contribution is -2.35. The largest absolute Gasteiger partial charge is 0.497 e. The van der Waals surface area contributed by atoms with Crippen LogP contribution >= 0.6 is 15.9 Å². The van der Waals surface area contributed by atoms with Crippen LogP contribution in [0.4, 0.5) is 5.69 Å². The van der Waals surface area contributed by atoms with E-state index in [-0.39, 0.29) is 0 Å². The number of anilines is 1. The van der Waals surface area contributed by atoms with Crippen molar-refractivity contribution in [3.05, 3.63) is 58.2 Å². The van der Waals surface area contributed by atoms with Crippen LogP contribution in [0.1, 0.15) is 11.1 Å².